The third-order valence-corrected chi connectivity index (χ3v) is 29.1. The van der Waals surface area contributed by atoms with Crippen LogP contribution in [0.2, 0.25) is 33.2 Å². The molecular formula is C44H72O4Si2. The molecule has 8 aliphatic rings. The summed E-state index contributed by atoms with van der Waals surface area (Å²) in [4.78, 5) is 26.0. The van der Waals surface area contributed by atoms with Gasteiger partial charge in [-0.25, -0.2) is 0 Å². The molecule has 10 atom stereocenters. The normalized spacial score (nSPS) is 38.4. The molecule has 0 aromatic rings. The minimum Gasteiger partial charge on any atom is -0.413 e. The molecular weight excluding hydrogens is 649 g/mol. The van der Waals surface area contributed by atoms with Gasteiger partial charge in [-0.1, -0.05) is 107 Å². The Labute approximate surface area is 308 Å². The Balaban J connectivity index is 0.000000157. The molecule has 0 aromatic heterocycles. The molecule has 8 aliphatic carbocycles. The maximum absolute atomic E-state index is 13.0. The van der Waals surface area contributed by atoms with Gasteiger partial charge in [-0.15, -0.1) is 0 Å². The second kappa shape index (κ2) is 12.9. The van der Waals surface area contributed by atoms with E-state index in [1.807, 2.05) is 0 Å². The van der Waals surface area contributed by atoms with Gasteiger partial charge in [0.25, 0.3) is 0 Å². The van der Waals surface area contributed by atoms with Crippen LogP contribution in [0.15, 0.2) is 24.3 Å². The van der Waals surface area contributed by atoms with Gasteiger partial charge < -0.3 is 8.85 Å². The van der Waals surface area contributed by atoms with Crippen molar-refractivity contribution in [3.05, 3.63) is 24.3 Å². The smallest absolute Gasteiger partial charge is 0.200 e. The van der Waals surface area contributed by atoms with Gasteiger partial charge in [0.05, 0.1) is 0 Å². The molecule has 2 spiro atoms. The highest BCUT2D eigenvalue weighted by atomic mass is 28.4. The number of allylic oxidation sites excluding steroid dienone is 4. The van der Waals surface area contributed by atoms with Crippen molar-refractivity contribution in [2.24, 2.45) is 58.2 Å². The van der Waals surface area contributed by atoms with Crippen LogP contribution in [0, 0.1) is 58.2 Å². The molecule has 4 nitrogen and oxygen atoms in total. The summed E-state index contributed by atoms with van der Waals surface area (Å²) < 4.78 is 14.2. The minimum atomic E-state index is -1.86. The zero-order valence-electron chi connectivity index (χ0n) is 33.8. The second-order valence-electron chi connectivity index (χ2n) is 20.6. The monoisotopic (exact) mass is 720 g/mol. The molecule has 0 aromatic carbocycles. The third-order valence-electron chi connectivity index (χ3n) is 16.8. The Morgan fingerprint density at radius 3 is 0.860 bits per heavy atom. The standard InChI is InChI=1S/2C22H36O2Si/c2*1-13(2)25(14(3)4,15(5)6)24-16-11-17-19-7-8-20(22(19)9-10-22)18(12-16)21(17)23/h2*7-8,13-20H,9-12H2,1-6H3/t2*16?,17-,18+,19-,20+. The lowest BCUT2D eigenvalue weighted by atomic mass is 9.57. The van der Waals surface area contributed by atoms with Crippen molar-refractivity contribution in [2.75, 3.05) is 0 Å². The first kappa shape index (κ1) is 37.5. The molecule has 50 heavy (non-hydrogen) atoms. The van der Waals surface area contributed by atoms with Crippen LogP contribution in [0.4, 0.5) is 0 Å². The van der Waals surface area contributed by atoms with E-state index in [-0.39, 0.29) is 23.7 Å². The number of hydrogen-bond acceptors (Lipinski definition) is 4. The summed E-state index contributed by atoms with van der Waals surface area (Å²) in [5.41, 5.74) is 4.71. The first-order valence-electron chi connectivity index (χ1n) is 21.3. The van der Waals surface area contributed by atoms with E-state index >= 15 is 0 Å². The molecule has 0 aliphatic heterocycles. The van der Waals surface area contributed by atoms with E-state index < -0.39 is 16.6 Å². The van der Waals surface area contributed by atoms with Crippen LogP contribution >= 0.6 is 0 Å². The number of hydrogen-bond donors (Lipinski definition) is 0. The van der Waals surface area contributed by atoms with E-state index in [2.05, 4.69) is 107 Å². The van der Waals surface area contributed by atoms with Crippen LogP contribution in [-0.4, -0.2) is 40.4 Å². The van der Waals surface area contributed by atoms with Crippen molar-refractivity contribution < 1.29 is 18.4 Å². The summed E-state index contributed by atoms with van der Waals surface area (Å²) in [6.07, 6.45) is 19.6. The van der Waals surface area contributed by atoms with E-state index in [1.165, 1.54) is 25.7 Å². The summed E-state index contributed by atoms with van der Waals surface area (Å²) in [5, 5.41) is 0. The van der Waals surface area contributed by atoms with Crippen LogP contribution in [-0.2, 0) is 18.4 Å². The Hall–Kier alpha value is -0.826. The van der Waals surface area contributed by atoms with Crippen molar-refractivity contribution >= 4 is 28.2 Å². The molecule has 0 heterocycles. The van der Waals surface area contributed by atoms with Gasteiger partial charge in [0.1, 0.15) is 11.6 Å². The molecule has 6 saturated carbocycles. The summed E-state index contributed by atoms with van der Waals surface area (Å²) in [7, 11) is -3.72. The van der Waals surface area contributed by atoms with Gasteiger partial charge in [-0.2, -0.15) is 0 Å². The molecule has 6 fully saturated rings. The molecule has 0 radical (unpaired) electrons. The molecule has 280 valence electrons. The first-order chi connectivity index (χ1) is 23.5. The maximum atomic E-state index is 13.0. The summed E-state index contributed by atoms with van der Waals surface area (Å²) in [6.45, 7) is 28.4. The van der Waals surface area contributed by atoms with E-state index in [0.29, 0.717) is 91.5 Å². The van der Waals surface area contributed by atoms with Gasteiger partial charge >= 0.3 is 0 Å². The number of ketones is 2. The van der Waals surface area contributed by atoms with E-state index in [1.54, 1.807) is 0 Å². The van der Waals surface area contributed by atoms with Crippen LogP contribution in [0.5, 0.6) is 0 Å². The SMILES string of the molecule is CC(C)[Si](OC1C[C@@H]2C(=O)[C@H](C1)[C@H]1C=C[C@@H]2C12CC2)(C(C)C)C(C)C.CC(C)[Si](OC1C[C@@H]2C(=O)[C@H](C1)[C@H]1C=C[C@@H]2C12CC2)(C(C)C)C(C)C. The van der Waals surface area contributed by atoms with Crippen LogP contribution < -0.4 is 0 Å². The molecule has 0 amide bonds. The lowest BCUT2D eigenvalue weighted by molar-refractivity contribution is -0.143. The fourth-order valence-corrected chi connectivity index (χ4v) is 25.8. The lowest BCUT2D eigenvalue weighted by Crippen LogP contribution is -2.55. The number of Topliss-reactive ketones (excluding diaryl/α,β-unsaturated/α-hetero) is 2. The second-order valence-corrected chi connectivity index (χ2v) is 31.4. The van der Waals surface area contributed by atoms with E-state index in [9.17, 15) is 9.59 Å². The topological polar surface area (TPSA) is 52.6 Å². The Bertz CT molecular complexity index is 1180. The van der Waals surface area contributed by atoms with Gasteiger partial charge in [-0.3, -0.25) is 9.59 Å². The number of carbonyl (C=O) groups excluding carboxylic acids is 2. The summed E-state index contributed by atoms with van der Waals surface area (Å²) >= 11 is 0. The number of fused-ring (bicyclic) bond motifs is 8. The molecule has 2 unspecified atom stereocenters. The quantitative estimate of drug-likeness (QED) is 0.167. The van der Waals surface area contributed by atoms with Gasteiger partial charge in [0.2, 0.25) is 16.6 Å². The van der Waals surface area contributed by atoms with E-state index in [0.717, 1.165) is 25.7 Å². The number of carbonyl (C=O) groups is 2. The van der Waals surface area contributed by atoms with Crippen molar-refractivity contribution in [3.8, 4) is 0 Å². The van der Waals surface area contributed by atoms with Gasteiger partial charge in [0, 0.05) is 35.9 Å². The van der Waals surface area contributed by atoms with Crippen molar-refractivity contribution in [1.82, 2.24) is 0 Å². The fourth-order valence-electron chi connectivity index (χ4n) is 14.7. The molecule has 0 N–H and O–H groups in total. The fraction of sp³-hybridized carbons (Fsp3) is 0.864. The molecule has 6 heteroatoms. The highest BCUT2D eigenvalue weighted by Crippen LogP contribution is 2.72. The highest BCUT2D eigenvalue weighted by Gasteiger charge is 2.68. The zero-order valence-corrected chi connectivity index (χ0v) is 35.8. The Morgan fingerprint density at radius 1 is 0.460 bits per heavy atom. The van der Waals surface area contributed by atoms with Gasteiger partial charge in [0.15, 0.2) is 0 Å². The van der Waals surface area contributed by atoms with Gasteiger partial charge in [-0.05, 0) is 119 Å². The van der Waals surface area contributed by atoms with Crippen molar-refractivity contribution in [1.29, 1.82) is 0 Å². The minimum absolute atomic E-state index is 0.249. The lowest BCUT2D eigenvalue weighted by Gasteiger charge is -2.51. The highest BCUT2D eigenvalue weighted by molar-refractivity contribution is 6.78. The maximum Gasteiger partial charge on any atom is 0.200 e. The third kappa shape index (κ3) is 5.35. The predicted molar refractivity (Wildman–Crippen MR) is 210 cm³/mol. The van der Waals surface area contributed by atoms with Crippen molar-refractivity contribution in [2.45, 2.75) is 180 Å². The summed E-state index contributed by atoms with van der Waals surface area (Å²) in [5.74, 6) is 4.26. The Kier molecular flexibility index (Phi) is 9.67. The Morgan fingerprint density at radius 2 is 0.680 bits per heavy atom. The van der Waals surface area contributed by atoms with Crippen LogP contribution in [0.3, 0.4) is 0 Å². The van der Waals surface area contributed by atoms with Crippen LogP contribution in [0.1, 0.15) is 134 Å². The molecule has 0 saturated heterocycles. The average Bonchev–Trinajstić information content (AvgIpc) is 3.92. The summed E-state index contributed by atoms with van der Waals surface area (Å²) in [6, 6.07) is 0. The number of rotatable bonds is 10. The zero-order chi connectivity index (χ0) is 36.3. The molecule has 8 bridgehead atoms. The first-order valence-corrected chi connectivity index (χ1v) is 25.6. The van der Waals surface area contributed by atoms with Crippen LogP contribution in [0.25, 0.3) is 0 Å². The van der Waals surface area contributed by atoms with E-state index in [4.69, 9.17) is 8.85 Å². The predicted octanol–water partition coefficient (Wildman–Crippen LogP) is 11.5. The largest absolute Gasteiger partial charge is 0.413 e. The average molecular weight is 721 g/mol. The van der Waals surface area contributed by atoms with Crippen molar-refractivity contribution in [3.63, 3.8) is 0 Å². The molecule has 8 rings (SSSR count).